The second kappa shape index (κ2) is 7.46. The molecule has 1 atom stereocenters. The summed E-state index contributed by atoms with van der Waals surface area (Å²) in [6, 6.07) is 12.5. The molecule has 0 bridgehead atoms. The van der Waals surface area contributed by atoms with Crippen molar-refractivity contribution >= 4 is 21.6 Å². The molecule has 0 radical (unpaired) electrons. The molecule has 1 aliphatic rings. The van der Waals surface area contributed by atoms with E-state index in [0.29, 0.717) is 6.42 Å². The first-order valence-corrected chi connectivity index (χ1v) is 10.8. The molecule has 0 saturated heterocycles. The summed E-state index contributed by atoms with van der Waals surface area (Å²) in [6.45, 7) is 3.64. The van der Waals surface area contributed by atoms with Crippen LogP contribution < -0.4 is 9.62 Å². The number of anilines is 1. The third-order valence-electron chi connectivity index (χ3n) is 5.14. The number of amides is 1. The summed E-state index contributed by atoms with van der Waals surface area (Å²) in [5.74, 6) is -0.0407. The monoisotopic (exact) mass is 410 g/mol. The second-order valence-electron chi connectivity index (χ2n) is 7.16. The average Bonchev–Trinajstić information content (AvgIpc) is 3.33. The topological polar surface area (TPSA) is 84.3 Å². The predicted molar refractivity (Wildman–Crippen MR) is 110 cm³/mol. The van der Waals surface area contributed by atoms with Crippen molar-refractivity contribution in [2.24, 2.45) is 0 Å². The summed E-state index contributed by atoms with van der Waals surface area (Å²) >= 11 is 0. The zero-order valence-electron chi connectivity index (χ0n) is 16.2. The SMILES string of the molecule is CC(=O)N1c2ccc(S(=O)(=O)NCc3ccccc3-n3ccnc3)cc2CC1C. The number of carbonyl (C=O) groups is 1. The molecule has 1 aromatic heterocycles. The highest BCUT2D eigenvalue weighted by atomic mass is 32.2. The van der Waals surface area contributed by atoms with Crippen LogP contribution in [0.15, 0.2) is 66.1 Å². The predicted octanol–water partition coefficient (Wildman–Crippen LogP) is 2.65. The molecule has 150 valence electrons. The third kappa shape index (κ3) is 3.68. The molecular formula is C21H22N4O3S. The number of hydrogen-bond donors (Lipinski definition) is 1. The fourth-order valence-corrected chi connectivity index (χ4v) is 4.88. The number of nitrogens with zero attached hydrogens (tertiary/aromatic N) is 3. The van der Waals surface area contributed by atoms with Crippen LogP contribution in [0.4, 0.5) is 5.69 Å². The van der Waals surface area contributed by atoms with Gasteiger partial charge in [0.05, 0.1) is 16.9 Å². The molecule has 2 aromatic carbocycles. The van der Waals surface area contributed by atoms with Crippen molar-refractivity contribution in [3.63, 3.8) is 0 Å². The largest absolute Gasteiger partial charge is 0.309 e. The Hall–Kier alpha value is -2.97. The van der Waals surface area contributed by atoms with Gasteiger partial charge in [0, 0.05) is 37.6 Å². The van der Waals surface area contributed by atoms with Gasteiger partial charge >= 0.3 is 0 Å². The standard InChI is InChI=1S/C21H22N4O3S/c1-15-11-18-12-19(7-8-21(18)25(15)16(2)26)29(27,28)23-13-17-5-3-4-6-20(17)24-10-9-22-14-24/h3-10,12,14-15,23H,11,13H2,1-2H3. The Morgan fingerprint density at radius 2 is 2.00 bits per heavy atom. The van der Waals surface area contributed by atoms with Crippen LogP contribution in [0.1, 0.15) is 25.0 Å². The number of rotatable bonds is 5. The van der Waals surface area contributed by atoms with Crippen molar-refractivity contribution in [1.29, 1.82) is 0 Å². The molecule has 0 fully saturated rings. The molecule has 2 heterocycles. The molecule has 4 rings (SSSR count). The van der Waals surface area contributed by atoms with E-state index in [0.717, 1.165) is 22.5 Å². The maximum absolute atomic E-state index is 12.9. The average molecular weight is 410 g/mol. The van der Waals surface area contributed by atoms with Crippen LogP contribution in [0.25, 0.3) is 5.69 Å². The number of para-hydroxylation sites is 1. The van der Waals surface area contributed by atoms with Gasteiger partial charge in [-0.15, -0.1) is 0 Å². The van der Waals surface area contributed by atoms with Gasteiger partial charge in [0.1, 0.15) is 0 Å². The van der Waals surface area contributed by atoms with Gasteiger partial charge in [-0.3, -0.25) is 4.79 Å². The quantitative estimate of drug-likeness (QED) is 0.701. The van der Waals surface area contributed by atoms with Crippen LogP contribution in [0.3, 0.4) is 0 Å². The maximum Gasteiger partial charge on any atom is 0.240 e. The number of benzene rings is 2. The van der Waals surface area contributed by atoms with Crippen molar-refractivity contribution in [1.82, 2.24) is 14.3 Å². The van der Waals surface area contributed by atoms with Gasteiger partial charge in [0.15, 0.2) is 0 Å². The Bertz CT molecular complexity index is 1160. The van der Waals surface area contributed by atoms with Crippen LogP contribution in [0.5, 0.6) is 0 Å². The zero-order valence-corrected chi connectivity index (χ0v) is 17.1. The Morgan fingerprint density at radius 1 is 1.21 bits per heavy atom. The summed E-state index contributed by atoms with van der Waals surface area (Å²) in [6.07, 6.45) is 5.81. The highest BCUT2D eigenvalue weighted by molar-refractivity contribution is 7.89. The fraction of sp³-hybridized carbons (Fsp3) is 0.238. The van der Waals surface area contributed by atoms with Gasteiger partial charge in [-0.25, -0.2) is 18.1 Å². The van der Waals surface area contributed by atoms with Gasteiger partial charge in [-0.2, -0.15) is 0 Å². The van der Waals surface area contributed by atoms with E-state index < -0.39 is 10.0 Å². The number of imidazole rings is 1. The fourth-order valence-electron chi connectivity index (χ4n) is 3.82. The Balaban J connectivity index is 1.57. The summed E-state index contributed by atoms with van der Waals surface area (Å²) in [7, 11) is -3.70. The van der Waals surface area contributed by atoms with Crippen LogP contribution >= 0.6 is 0 Å². The Labute approximate surface area is 170 Å². The Morgan fingerprint density at radius 3 is 2.72 bits per heavy atom. The first kappa shape index (κ1) is 19.4. The van der Waals surface area contributed by atoms with Crippen LogP contribution in [0.2, 0.25) is 0 Å². The Kier molecular flexibility index (Phi) is 4.97. The molecule has 29 heavy (non-hydrogen) atoms. The molecule has 1 aliphatic heterocycles. The zero-order chi connectivity index (χ0) is 20.6. The number of hydrogen-bond acceptors (Lipinski definition) is 4. The number of sulfonamides is 1. The molecule has 3 aromatic rings. The molecule has 1 unspecified atom stereocenters. The van der Waals surface area contributed by atoms with Crippen molar-refractivity contribution in [3.8, 4) is 5.69 Å². The minimum Gasteiger partial charge on any atom is -0.309 e. The van der Waals surface area contributed by atoms with Gasteiger partial charge in [0.25, 0.3) is 0 Å². The lowest BCUT2D eigenvalue weighted by atomic mass is 10.1. The highest BCUT2D eigenvalue weighted by Crippen LogP contribution is 2.33. The lowest BCUT2D eigenvalue weighted by molar-refractivity contribution is -0.116. The van der Waals surface area contributed by atoms with Crippen LogP contribution in [-0.2, 0) is 27.8 Å². The van der Waals surface area contributed by atoms with E-state index in [4.69, 9.17) is 0 Å². The van der Waals surface area contributed by atoms with Gasteiger partial charge < -0.3 is 9.47 Å². The molecular weight excluding hydrogens is 388 g/mol. The summed E-state index contributed by atoms with van der Waals surface area (Å²) in [5, 5.41) is 0. The number of fused-ring (bicyclic) bond motifs is 1. The van der Waals surface area contributed by atoms with Crippen LogP contribution in [-0.4, -0.2) is 29.9 Å². The molecule has 1 N–H and O–H groups in total. The minimum atomic E-state index is -3.70. The first-order valence-electron chi connectivity index (χ1n) is 9.35. The molecule has 0 aliphatic carbocycles. The van der Waals surface area contributed by atoms with E-state index in [-0.39, 0.29) is 23.4 Å². The molecule has 7 nitrogen and oxygen atoms in total. The van der Waals surface area contributed by atoms with E-state index in [1.54, 1.807) is 35.6 Å². The van der Waals surface area contributed by atoms with E-state index in [1.165, 1.54) is 6.92 Å². The third-order valence-corrected chi connectivity index (χ3v) is 6.54. The maximum atomic E-state index is 12.9. The molecule has 0 saturated carbocycles. The summed E-state index contributed by atoms with van der Waals surface area (Å²) in [4.78, 5) is 17.8. The van der Waals surface area contributed by atoms with Crippen LogP contribution in [0, 0.1) is 0 Å². The van der Waals surface area contributed by atoms with Crippen molar-refractivity contribution in [2.45, 2.75) is 37.8 Å². The van der Waals surface area contributed by atoms with E-state index >= 15 is 0 Å². The molecule has 1 amide bonds. The second-order valence-corrected chi connectivity index (χ2v) is 8.92. The minimum absolute atomic E-state index is 0.0236. The van der Waals surface area contributed by atoms with E-state index in [9.17, 15) is 13.2 Å². The summed E-state index contributed by atoms with van der Waals surface area (Å²) in [5.41, 5.74) is 3.36. The van der Waals surface area contributed by atoms with E-state index in [1.807, 2.05) is 42.0 Å². The number of nitrogens with one attached hydrogen (secondary N) is 1. The molecule has 0 spiro atoms. The highest BCUT2D eigenvalue weighted by Gasteiger charge is 2.30. The number of aromatic nitrogens is 2. The van der Waals surface area contributed by atoms with Crippen molar-refractivity contribution < 1.29 is 13.2 Å². The van der Waals surface area contributed by atoms with E-state index in [2.05, 4.69) is 9.71 Å². The first-order chi connectivity index (χ1) is 13.9. The number of carbonyl (C=O) groups excluding carboxylic acids is 1. The normalized spacial score (nSPS) is 16.1. The lowest BCUT2D eigenvalue weighted by Crippen LogP contribution is -2.33. The summed E-state index contributed by atoms with van der Waals surface area (Å²) < 4.78 is 30.3. The smallest absolute Gasteiger partial charge is 0.240 e. The van der Waals surface area contributed by atoms with Crippen molar-refractivity contribution in [3.05, 3.63) is 72.3 Å². The van der Waals surface area contributed by atoms with Crippen molar-refractivity contribution in [2.75, 3.05) is 4.90 Å². The van der Waals surface area contributed by atoms with Gasteiger partial charge in [-0.1, -0.05) is 18.2 Å². The molecule has 8 heteroatoms. The van der Waals surface area contributed by atoms with Gasteiger partial charge in [-0.05, 0) is 48.7 Å². The lowest BCUT2D eigenvalue weighted by Gasteiger charge is -2.20. The van der Waals surface area contributed by atoms with Gasteiger partial charge in [0.2, 0.25) is 15.9 Å².